The number of aromatic nitrogens is 5. The molecule has 0 radical (unpaired) electrons. The molecule has 3 N–H and O–H groups in total. The molecule has 0 unspecified atom stereocenters. The first kappa shape index (κ1) is 26.7. The summed E-state index contributed by atoms with van der Waals surface area (Å²) in [5, 5.41) is 4.44. The Morgan fingerprint density at radius 3 is 2.40 bits per heavy atom. The number of halogens is 1. The van der Waals surface area contributed by atoms with Crippen molar-refractivity contribution in [3.8, 4) is 11.1 Å². The third-order valence-electron chi connectivity index (χ3n) is 9.01. The SMILES string of the molecule is Cc1ccc2c(F)nc(Nc3ccc(-c4cn(C5CCC(N6CCN(C)CC6)CC5)c5ncnc(N)c45)cc3)nc2c1. The average Bonchev–Trinajstić information content (AvgIpc) is 3.39. The number of piperazine rings is 1. The molecule has 0 spiro atoms. The van der Waals surface area contributed by atoms with Crippen LogP contribution in [0.5, 0.6) is 0 Å². The van der Waals surface area contributed by atoms with E-state index in [0.29, 0.717) is 28.8 Å². The van der Waals surface area contributed by atoms with Crippen LogP contribution in [0.4, 0.5) is 21.8 Å². The summed E-state index contributed by atoms with van der Waals surface area (Å²) < 4.78 is 16.9. The molecule has 3 aromatic heterocycles. The van der Waals surface area contributed by atoms with Crippen molar-refractivity contribution in [1.82, 2.24) is 34.3 Å². The summed E-state index contributed by atoms with van der Waals surface area (Å²) in [6.45, 7) is 6.60. The summed E-state index contributed by atoms with van der Waals surface area (Å²) in [4.78, 5) is 22.6. The average molecular weight is 566 g/mol. The summed E-state index contributed by atoms with van der Waals surface area (Å²) >= 11 is 0. The zero-order valence-corrected chi connectivity index (χ0v) is 24.1. The van der Waals surface area contributed by atoms with E-state index in [1.165, 1.54) is 25.9 Å². The van der Waals surface area contributed by atoms with E-state index in [0.717, 1.165) is 59.3 Å². The van der Waals surface area contributed by atoms with Gasteiger partial charge in [-0.1, -0.05) is 18.2 Å². The Bertz CT molecular complexity index is 1730. The Morgan fingerprint density at radius 2 is 1.64 bits per heavy atom. The van der Waals surface area contributed by atoms with E-state index in [2.05, 4.69) is 52.9 Å². The number of likely N-dealkylation sites (N-methyl/N-ethyl adjacent to an activating group) is 1. The summed E-state index contributed by atoms with van der Waals surface area (Å²) in [7, 11) is 2.21. The largest absolute Gasteiger partial charge is 0.383 e. The van der Waals surface area contributed by atoms with Crippen LogP contribution in [0.2, 0.25) is 0 Å². The molecule has 0 atom stereocenters. The number of nitrogens with two attached hydrogens (primary N) is 1. The van der Waals surface area contributed by atoms with Crippen LogP contribution in [0.1, 0.15) is 37.3 Å². The predicted octanol–water partition coefficient (Wildman–Crippen LogP) is 5.55. The Morgan fingerprint density at radius 1 is 0.905 bits per heavy atom. The van der Waals surface area contributed by atoms with Crippen molar-refractivity contribution in [2.24, 2.45) is 0 Å². The lowest BCUT2D eigenvalue weighted by atomic mass is 9.89. The maximum absolute atomic E-state index is 14.6. The van der Waals surface area contributed by atoms with E-state index in [1.54, 1.807) is 12.4 Å². The van der Waals surface area contributed by atoms with Crippen molar-refractivity contribution in [2.75, 3.05) is 44.3 Å². The minimum Gasteiger partial charge on any atom is -0.383 e. The molecular weight excluding hydrogens is 529 g/mol. The molecule has 0 amide bonds. The molecule has 1 aliphatic carbocycles. The Hall–Kier alpha value is -4.15. The minimum atomic E-state index is -0.542. The van der Waals surface area contributed by atoms with E-state index in [1.807, 2.05) is 43.3 Å². The van der Waals surface area contributed by atoms with Gasteiger partial charge in [-0.2, -0.15) is 9.37 Å². The van der Waals surface area contributed by atoms with E-state index in [9.17, 15) is 4.39 Å². The highest BCUT2D eigenvalue weighted by atomic mass is 19.1. The molecule has 5 aromatic rings. The van der Waals surface area contributed by atoms with Gasteiger partial charge in [0.1, 0.15) is 17.8 Å². The fourth-order valence-electron chi connectivity index (χ4n) is 6.61. The molecule has 7 rings (SSSR count). The molecule has 2 aromatic carbocycles. The zero-order valence-electron chi connectivity index (χ0n) is 24.1. The van der Waals surface area contributed by atoms with Crippen molar-refractivity contribution in [1.29, 1.82) is 0 Å². The van der Waals surface area contributed by atoms with Crippen LogP contribution in [0.15, 0.2) is 55.0 Å². The van der Waals surface area contributed by atoms with Crippen LogP contribution in [-0.2, 0) is 0 Å². The molecule has 9 nitrogen and oxygen atoms in total. The quantitative estimate of drug-likeness (QED) is 0.268. The van der Waals surface area contributed by atoms with Gasteiger partial charge < -0.3 is 20.5 Å². The van der Waals surface area contributed by atoms with Gasteiger partial charge in [0, 0.05) is 55.7 Å². The van der Waals surface area contributed by atoms with Gasteiger partial charge in [-0.15, -0.1) is 0 Å². The summed E-state index contributed by atoms with van der Waals surface area (Å²) in [5.41, 5.74) is 11.7. The topological polar surface area (TPSA) is 101 Å². The molecule has 1 saturated heterocycles. The summed E-state index contributed by atoms with van der Waals surface area (Å²) in [6, 6.07) is 14.4. The molecule has 4 heterocycles. The Kier molecular flexibility index (Phi) is 6.95. The first-order valence-electron chi connectivity index (χ1n) is 14.8. The summed E-state index contributed by atoms with van der Waals surface area (Å²) in [5.74, 6) is 0.164. The number of nitrogen functional groups attached to an aromatic ring is 1. The van der Waals surface area contributed by atoms with Crippen molar-refractivity contribution in [3.63, 3.8) is 0 Å². The predicted molar refractivity (Wildman–Crippen MR) is 165 cm³/mol. The number of aryl methyl sites for hydroxylation is 1. The van der Waals surface area contributed by atoms with Gasteiger partial charge in [-0.3, -0.25) is 4.90 Å². The highest BCUT2D eigenvalue weighted by molar-refractivity contribution is 6.00. The van der Waals surface area contributed by atoms with Crippen molar-refractivity contribution >= 4 is 39.4 Å². The van der Waals surface area contributed by atoms with E-state index in [4.69, 9.17) is 5.73 Å². The molecule has 2 fully saturated rings. The normalized spacial score (nSPS) is 20.4. The number of nitrogens with zero attached hydrogens (tertiary/aromatic N) is 7. The number of rotatable bonds is 5. The Labute approximate surface area is 244 Å². The number of nitrogens with one attached hydrogen (secondary N) is 1. The number of hydrogen-bond acceptors (Lipinski definition) is 8. The van der Waals surface area contributed by atoms with Gasteiger partial charge >= 0.3 is 0 Å². The van der Waals surface area contributed by atoms with Gasteiger partial charge in [0.05, 0.1) is 16.3 Å². The molecule has 1 aliphatic heterocycles. The number of benzene rings is 2. The lowest BCUT2D eigenvalue weighted by Crippen LogP contribution is -2.49. The number of fused-ring (bicyclic) bond motifs is 2. The van der Waals surface area contributed by atoms with E-state index in [-0.39, 0.29) is 5.95 Å². The maximum Gasteiger partial charge on any atom is 0.230 e. The first-order chi connectivity index (χ1) is 20.4. The van der Waals surface area contributed by atoms with Crippen molar-refractivity contribution in [2.45, 2.75) is 44.7 Å². The van der Waals surface area contributed by atoms with Gasteiger partial charge in [-0.25, -0.2) is 15.0 Å². The second kappa shape index (κ2) is 10.9. The fourth-order valence-corrected chi connectivity index (χ4v) is 6.61. The molecule has 2 aliphatic rings. The highest BCUT2D eigenvalue weighted by Gasteiger charge is 2.30. The second-order valence-electron chi connectivity index (χ2n) is 11.8. The van der Waals surface area contributed by atoms with E-state index < -0.39 is 5.95 Å². The zero-order chi connectivity index (χ0) is 28.8. The molecule has 42 heavy (non-hydrogen) atoms. The summed E-state index contributed by atoms with van der Waals surface area (Å²) in [6.07, 6.45) is 8.39. The molecule has 1 saturated carbocycles. The highest BCUT2D eigenvalue weighted by Crippen LogP contribution is 2.39. The first-order valence-corrected chi connectivity index (χ1v) is 14.8. The number of hydrogen-bond donors (Lipinski definition) is 2. The Balaban J connectivity index is 1.13. The third kappa shape index (κ3) is 5.05. The van der Waals surface area contributed by atoms with Gasteiger partial charge in [0.15, 0.2) is 0 Å². The lowest BCUT2D eigenvalue weighted by Gasteiger charge is -2.41. The minimum absolute atomic E-state index is 0.222. The third-order valence-corrected chi connectivity index (χ3v) is 9.01. The smallest absolute Gasteiger partial charge is 0.230 e. The lowest BCUT2D eigenvalue weighted by molar-refractivity contribution is 0.0828. The number of anilines is 3. The monoisotopic (exact) mass is 565 g/mol. The fraction of sp³-hybridized carbons (Fsp3) is 0.375. The standard InChI is InChI=1S/C32H36FN9/c1-20-3-12-25-27(17-20)38-32(39-29(25)33)37-22-6-4-21(5-7-22)26-18-42(31-28(26)30(34)35-19-36-31)24-10-8-23(9-11-24)41-15-13-40(2)14-16-41/h3-7,12,17-19,23-24H,8-11,13-16H2,1-2H3,(H2,34,35,36)(H,37,38,39). The van der Waals surface area contributed by atoms with Crippen LogP contribution >= 0.6 is 0 Å². The van der Waals surface area contributed by atoms with Crippen molar-refractivity contribution in [3.05, 3.63) is 66.5 Å². The molecule has 0 bridgehead atoms. The van der Waals surface area contributed by atoms with Crippen LogP contribution in [0.25, 0.3) is 33.1 Å². The molecule has 10 heteroatoms. The van der Waals surface area contributed by atoms with Gasteiger partial charge in [0.2, 0.25) is 11.9 Å². The van der Waals surface area contributed by atoms with Crippen LogP contribution in [0, 0.1) is 12.9 Å². The van der Waals surface area contributed by atoms with Crippen LogP contribution in [-0.4, -0.2) is 73.6 Å². The van der Waals surface area contributed by atoms with Crippen LogP contribution < -0.4 is 11.1 Å². The second-order valence-corrected chi connectivity index (χ2v) is 11.8. The van der Waals surface area contributed by atoms with E-state index >= 15 is 0 Å². The van der Waals surface area contributed by atoms with Gasteiger partial charge in [0.25, 0.3) is 0 Å². The van der Waals surface area contributed by atoms with Crippen LogP contribution in [0.3, 0.4) is 0 Å². The van der Waals surface area contributed by atoms with Crippen molar-refractivity contribution < 1.29 is 4.39 Å². The molecule has 216 valence electrons. The van der Waals surface area contributed by atoms with Gasteiger partial charge in [-0.05, 0) is 75.0 Å². The maximum atomic E-state index is 14.6. The molecular formula is C32H36FN9.